The van der Waals surface area contributed by atoms with Crippen LogP contribution in [0.4, 0.5) is 9.18 Å². The van der Waals surface area contributed by atoms with Crippen molar-refractivity contribution in [1.82, 2.24) is 4.90 Å². The quantitative estimate of drug-likeness (QED) is 0.728. The number of alkyl halides is 1. The molecule has 1 aliphatic carbocycles. The molecule has 0 N–H and O–H groups in total. The summed E-state index contributed by atoms with van der Waals surface area (Å²) in [4.78, 5) is 25.4. The Hall–Kier alpha value is -1.84. The van der Waals surface area contributed by atoms with Crippen LogP contribution in [-0.4, -0.2) is 48.4 Å². The topological polar surface area (TPSA) is 79.6 Å². The SMILES string of the molecule is COC(=O)C1(CN(C(=O)OC(C)(C)C)[C@@H](C)CC#N)CC1F. The lowest BCUT2D eigenvalue weighted by Crippen LogP contribution is -2.47. The van der Waals surface area contributed by atoms with Crippen LogP contribution in [0.1, 0.15) is 40.5 Å². The molecule has 1 rings (SSSR count). The second kappa shape index (κ2) is 6.51. The maximum atomic E-state index is 13.7. The van der Waals surface area contributed by atoms with Crippen LogP contribution in [0.5, 0.6) is 0 Å². The lowest BCUT2D eigenvalue weighted by molar-refractivity contribution is -0.148. The Morgan fingerprint density at radius 1 is 1.50 bits per heavy atom. The fraction of sp³-hybridized carbons (Fsp3) is 0.800. The van der Waals surface area contributed by atoms with Gasteiger partial charge in [0.15, 0.2) is 0 Å². The van der Waals surface area contributed by atoms with E-state index in [0.717, 1.165) is 0 Å². The molecular weight excluding hydrogens is 291 g/mol. The van der Waals surface area contributed by atoms with E-state index in [9.17, 15) is 14.0 Å². The van der Waals surface area contributed by atoms with Gasteiger partial charge in [0.05, 0.1) is 19.6 Å². The summed E-state index contributed by atoms with van der Waals surface area (Å²) in [6, 6.07) is 1.48. The van der Waals surface area contributed by atoms with Gasteiger partial charge in [-0.3, -0.25) is 4.79 Å². The van der Waals surface area contributed by atoms with Crippen LogP contribution in [0.3, 0.4) is 0 Å². The van der Waals surface area contributed by atoms with Gasteiger partial charge in [-0.15, -0.1) is 0 Å². The van der Waals surface area contributed by atoms with Gasteiger partial charge in [0.2, 0.25) is 0 Å². The number of nitrogens with zero attached hydrogens (tertiary/aromatic N) is 2. The average molecular weight is 314 g/mol. The molecule has 0 heterocycles. The van der Waals surface area contributed by atoms with Crippen molar-refractivity contribution >= 4 is 12.1 Å². The highest BCUT2D eigenvalue weighted by Gasteiger charge is 2.64. The third-order valence-corrected chi connectivity index (χ3v) is 3.57. The molecule has 3 atom stereocenters. The van der Waals surface area contributed by atoms with E-state index in [4.69, 9.17) is 10.00 Å². The summed E-state index contributed by atoms with van der Waals surface area (Å²) in [6.45, 7) is 6.64. The molecule has 0 radical (unpaired) electrons. The molecular formula is C15H23FN2O4. The smallest absolute Gasteiger partial charge is 0.410 e. The summed E-state index contributed by atoms with van der Waals surface area (Å²) in [7, 11) is 1.19. The van der Waals surface area contributed by atoms with Crippen LogP contribution < -0.4 is 0 Å². The third-order valence-electron chi connectivity index (χ3n) is 3.57. The molecule has 0 aliphatic heterocycles. The Morgan fingerprint density at radius 2 is 2.05 bits per heavy atom. The van der Waals surface area contributed by atoms with Crippen molar-refractivity contribution in [2.75, 3.05) is 13.7 Å². The van der Waals surface area contributed by atoms with Gasteiger partial charge in [-0.1, -0.05) is 0 Å². The normalized spacial score (nSPS) is 24.9. The molecule has 7 heteroatoms. The minimum atomic E-state index is -1.35. The van der Waals surface area contributed by atoms with Crippen molar-refractivity contribution in [2.24, 2.45) is 5.41 Å². The van der Waals surface area contributed by atoms with E-state index in [2.05, 4.69) is 4.74 Å². The minimum Gasteiger partial charge on any atom is -0.468 e. The molecule has 22 heavy (non-hydrogen) atoms. The fourth-order valence-electron chi connectivity index (χ4n) is 2.17. The van der Waals surface area contributed by atoms with E-state index in [1.54, 1.807) is 27.7 Å². The van der Waals surface area contributed by atoms with Crippen LogP contribution in [0, 0.1) is 16.7 Å². The predicted octanol–water partition coefficient (Wildman–Crippen LogP) is 2.43. The molecule has 1 fully saturated rings. The molecule has 124 valence electrons. The highest BCUT2D eigenvalue weighted by atomic mass is 19.1. The zero-order chi connectivity index (χ0) is 17.1. The van der Waals surface area contributed by atoms with Crippen LogP contribution in [0.15, 0.2) is 0 Å². The van der Waals surface area contributed by atoms with Gasteiger partial charge in [0.25, 0.3) is 0 Å². The molecule has 0 bridgehead atoms. The third kappa shape index (κ3) is 4.09. The van der Waals surface area contributed by atoms with Gasteiger partial charge >= 0.3 is 12.1 Å². The maximum Gasteiger partial charge on any atom is 0.410 e. The number of hydrogen-bond donors (Lipinski definition) is 0. The average Bonchev–Trinajstić information content (AvgIpc) is 3.04. The second-order valence-corrected chi connectivity index (χ2v) is 6.64. The summed E-state index contributed by atoms with van der Waals surface area (Å²) in [5.41, 5.74) is -2.06. The molecule has 1 saturated carbocycles. The molecule has 0 aromatic heterocycles. The number of hydrogen-bond acceptors (Lipinski definition) is 5. The number of ether oxygens (including phenoxy) is 2. The Morgan fingerprint density at radius 3 is 2.41 bits per heavy atom. The van der Waals surface area contributed by atoms with Gasteiger partial charge in [-0.2, -0.15) is 5.26 Å². The Labute approximate surface area is 130 Å². The molecule has 0 saturated heterocycles. The lowest BCUT2D eigenvalue weighted by Gasteiger charge is -2.32. The molecule has 0 spiro atoms. The number of methoxy groups -OCH3 is 1. The fourth-order valence-corrected chi connectivity index (χ4v) is 2.17. The summed E-state index contributed by atoms with van der Waals surface area (Å²) >= 11 is 0. The van der Waals surface area contributed by atoms with Crippen molar-refractivity contribution in [3.63, 3.8) is 0 Å². The largest absolute Gasteiger partial charge is 0.468 e. The first-order valence-corrected chi connectivity index (χ1v) is 7.16. The van der Waals surface area contributed by atoms with E-state index >= 15 is 0 Å². The highest BCUT2D eigenvalue weighted by molar-refractivity contribution is 5.82. The number of amides is 1. The number of halogens is 1. The van der Waals surface area contributed by atoms with Gasteiger partial charge in [-0.25, -0.2) is 9.18 Å². The predicted molar refractivity (Wildman–Crippen MR) is 76.6 cm³/mol. The minimum absolute atomic E-state index is 0.0121. The summed E-state index contributed by atoms with van der Waals surface area (Å²) in [5.74, 6) is -0.683. The first-order chi connectivity index (χ1) is 10.1. The highest BCUT2D eigenvalue weighted by Crippen LogP contribution is 2.50. The van der Waals surface area contributed by atoms with Gasteiger partial charge in [-0.05, 0) is 27.7 Å². The monoisotopic (exact) mass is 314 g/mol. The van der Waals surface area contributed by atoms with Crippen molar-refractivity contribution in [2.45, 2.75) is 58.4 Å². The van der Waals surface area contributed by atoms with Crippen LogP contribution in [0.2, 0.25) is 0 Å². The Kier molecular flexibility index (Phi) is 5.39. The van der Waals surface area contributed by atoms with Crippen LogP contribution >= 0.6 is 0 Å². The van der Waals surface area contributed by atoms with Crippen molar-refractivity contribution in [3.8, 4) is 6.07 Å². The van der Waals surface area contributed by atoms with E-state index in [1.165, 1.54) is 12.0 Å². The molecule has 1 aliphatic rings. The zero-order valence-corrected chi connectivity index (χ0v) is 13.7. The van der Waals surface area contributed by atoms with Crippen molar-refractivity contribution in [1.29, 1.82) is 5.26 Å². The van der Waals surface area contributed by atoms with Gasteiger partial charge < -0.3 is 14.4 Å². The standard InChI is InChI=1S/C15H23FN2O4/c1-10(6-7-17)18(13(20)22-14(2,3)4)9-15(8-11(15)16)12(19)21-5/h10-11H,6,8-9H2,1-5H3/t10-,11?,15?/m0/s1. The lowest BCUT2D eigenvalue weighted by atomic mass is 10.0. The van der Waals surface area contributed by atoms with Crippen LogP contribution in [0.25, 0.3) is 0 Å². The number of carbonyl (C=O) groups excluding carboxylic acids is 2. The van der Waals surface area contributed by atoms with Crippen LogP contribution in [-0.2, 0) is 14.3 Å². The van der Waals surface area contributed by atoms with Gasteiger partial charge in [0, 0.05) is 19.0 Å². The number of nitriles is 1. The number of esters is 1. The molecule has 2 unspecified atom stereocenters. The Bertz CT molecular complexity index is 483. The van der Waals surface area contributed by atoms with Gasteiger partial charge in [0.1, 0.15) is 17.2 Å². The van der Waals surface area contributed by atoms with E-state index in [-0.39, 0.29) is 19.4 Å². The van der Waals surface area contributed by atoms with Crippen molar-refractivity contribution in [3.05, 3.63) is 0 Å². The second-order valence-electron chi connectivity index (χ2n) is 6.64. The molecule has 0 aromatic carbocycles. The van der Waals surface area contributed by atoms with Crippen molar-refractivity contribution < 1.29 is 23.5 Å². The molecule has 6 nitrogen and oxygen atoms in total. The Balaban J connectivity index is 2.95. The first kappa shape index (κ1) is 18.2. The van der Waals surface area contributed by atoms with E-state index < -0.39 is 35.3 Å². The molecule has 0 aromatic rings. The number of rotatable bonds is 5. The summed E-state index contributed by atoms with van der Waals surface area (Å²) in [6.07, 6.45) is -1.94. The maximum absolute atomic E-state index is 13.7. The molecule has 1 amide bonds. The zero-order valence-electron chi connectivity index (χ0n) is 13.7. The van der Waals surface area contributed by atoms with E-state index in [0.29, 0.717) is 0 Å². The summed E-state index contributed by atoms with van der Waals surface area (Å²) < 4.78 is 23.7. The first-order valence-electron chi connectivity index (χ1n) is 7.16. The van der Waals surface area contributed by atoms with E-state index in [1.807, 2.05) is 6.07 Å². The summed E-state index contributed by atoms with van der Waals surface area (Å²) in [5, 5.41) is 8.83. The number of carbonyl (C=O) groups is 2.